The summed E-state index contributed by atoms with van der Waals surface area (Å²) in [5, 5.41) is 4.21. The van der Waals surface area contributed by atoms with Gasteiger partial charge in [0.15, 0.2) is 6.10 Å². The molecule has 37 heavy (non-hydrogen) atoms. The molecule has 1 heterocycles. The summed E-state index contributed by atoms with van der Waals surface area (Å²) in [6.07, 6.45) is -0.699. The molecular weight excluding hydrogens is 492 g/mol. The molecule has 0 N–H and O–H groups in total. The first-order valence-corrected chi connectivity index (χ1v) is 12.7. The molecule has 3 aromatic carbocycles. The van der Waals surface area contributed by atoms with Gasteiger partial charge in [0, 0.05) is 11.1 Å². The van der Waals surface area contributed by atoms with E-state index in [0.29, 0.717) is 37.0 Å². The van der Waals surface area contributed by atoms with E-state index in [4.69, 9.17) is 19.0 Å². The fraction of sp³-hybridized carbons (Fsp3) is 0.250. The normalized spacial score (nSPS) is 12.2. The number of rotatable bonds is 11. The van der Waals surface area contributed by atoms with Crippen molar-refractivity contribution in [2.45, 2.75) is 26.5 Å². The third kappa shape index (κ3) is 6.37. The van der Waals surface area contributed by atoms with E-state index in [2.05, 4.69) is 5.16 Å². The van der Waals surface area contributed by atoms with Crippen LogP contribution in [0.5, 0.6) is 11.5 Å². The molecule has 1 atom stereocenters. The maximum Gasteiger partial charge on any atom is 0.347 e. The zero-order valence-corrected chi connectivity index (χ0v) is 21.7. The molecule has 0 saturated heterocycles. The number of carbonyl (C=O) groups is 1. The van der Waals surface area contributed by atoms with Crippen LogP contribution in [-0.2, 0) is 20.9 Å². The molecule has 1 unspecified atom stereocenters. The second-order valence-electron chi connectivity index (χ2n) is 8.02. The second-order valence-corrected chi connectivity index (χ2v) is 9.02. The highest BCUT2D eigenvalue weighted by atomic mass is 32.1. The Morgan fingerprint density at radius 2 is 1.73 bits per heavy atom. The van der Waals surface area contributed by atoms with Crippen LogP contribution in [0, 0.1) is 0 Å². The summed E-state index contributed by atoms with van der Waals surface area (Å²) in [6, 6.07) is 22.5. The van der Waals surface area contributed by atoms with Gasteiger partial charge in [0.25, 0.3) is 0 Å². The quantitative estimate of drug-likeness (QED) is 0.159. The van der Waals surface area contributed by atoms with Crippen molar-refractivity contribution in [1.82, 2.24) is 4.57 Å². The topological polar surface area (TPSA) is 88.4 Å². The Morgan fingerprint density at radius 3 is 2.43 bits per heavy atom. The molecule has 0 fully saturated rings. The van der Waals surface area contributed by atoms with Crippen molar-refractivity contribution in [1.29, 1.82) is 0 Å². The molecule has 0 bridgehead atoms. The van der Waals surface area contributed by atoms with E-state index < -0.39 is 12.1 Å². The molecule has 0 radical (unpaired) electrons. The number of nitrogens with zero attached hydrogens (tertiary/aromatic N) is 2. The maximum absolute atomic E-state index is 12.7. The molecule has 0 aliphatic heterocycles. The van der Waals surface area contributed by atoms with Crippen LogP contribution < -0.4 is 14.3 Å². The zero-order valence-electron chi connectivity index (χ0n) is 20.9. The van der Waals surface area contributed by atoms with Crippen molar-refractivity contribution >= 4 is 33.2 Å². The van der Waals surface area contributed by atoms with Crippen LogP contribution in [0.15, 0.2) is 82.7 Å². The number of thiazole rings is 1. The van der Waals surface area contributed by atoms with Crippen molar-refractivity contribution in [3.05, 3.63) is 93.6 Å². The van der Waals surface area contributed by atoms with Gasteiger partial charge in [-0.2, -0.15) is 0 Å². The molecule has 8 nitrogen and oxygen atoms in total. The minimum atomic E-state index is -0.699. The summed E-state index contributed by atoms with van der Waals surface area (Å²) < 4.78 is 19.0. The molecule has 1 aromatic heterocycles. The molecule has 9 heteroatoms. The number of fused-ring (bicyclic) bond motifs is 1. The Balaban J connectivity index is 1.42. The van der Waals surface area contributed by atoms with Crippen molar-refractivity contribution in [2.24, 2.45) is 5.16 Å². The van der Waals surface area contributed by atoms with Crippen LogP contribution in [-0.4, -0.2) is 42.7 Å². The van der Waals surface area contributed by atoms with Crippen LogP contribution in [0.1, 0.15) is 25.0 Å². The van der Waals surface area contributed by atoms with Crippen LogP contribution in [0.3, 0.4) is 0 Å². The molecule has 4 rings (SSSR count). The lowest BCUT2D eigenvalue weighted by atomic mass is 10.0. The largest absolute Gasteiger partial charge is 0.492 e. The third-order valence-corrected chi connectivity index (χ3v) is 6.45. The van der Waals surface area contributed by atoms with Gasteiger partial charge in [-0.15, -0.1) is 0 Å². The van der Waals surface area contributed by atoms with Crippen molar-refractivity contribution < 1.29 is 23.8 Å². The average molecular weight is 521 g/mol. The fourth-order valence-corrected chi connectivity index (χ4v) is 4.72. The average Bonchev–Trinajstić information content (AvgIpc) is 3.23. The first-order chi connectivity index (χ1) is 18.0. The van der Waals surface area contributed by atoms with E-state index in [1.807, 2.05) is 48.5 Å². The van der Waals surface area contributed by atoms with E-state index in [1.165, 1.54) is 18.4 Å². The van der Waals surface area contributed by atoms with Crippen LogP contribution >= 0.6 is 11.3 Å². The number of benzene rings is 3. The van der Waals surface area contributed by atoms with Crippen LogP contribution in [0.2, 0.25) is 0 Å². The van der Waals surface area contributed by atoms with E-state index >= 15 is 0 Å². The number of hydrogen-bond donors (Lipinski definition) is 0. The summed E-state index contributed by atoms with van der Waals surface area (Å²) in [5.74, 6) is 0.760. The molecule has 0 aliphatic rings. The highest BCUT2D eigenvalue weighted by Crippen LogP contribution is 2.23. The van der Waals surface area contributed by atoms with Gasteiger partial charge in [-0.3, -0.25) is 9.36 Å². The highest BCUT2D eigenvalue weighted by Gasteiger charge is 2.16. The smallest absolute Gasteiger partial charge is 0.347 e. The number of esters is 1. The predicted molar refractivity (Wildman–Crippen MR) is 144 cm³/mol. The first-order valence-electron chi connectivity index (χ1n) is 11.9. The molecule has 0 saturated carbocycles. The molecule has 4 aromatic rings. The lowest BCUT2D eigenvalue weighted by Gasteiger charge is -2.14. The van der Waals surface area contributed by atoms with Gasteiger partial charge in [-0.05, 0) is 50.2 Å². The van der Waals surface area contributed by atoms with E-state index in [0.717, 1.165) is 21.3 Å². The number of oxime groups is 1. The molecule has 192 valence electrons. The van der Waals surface area contributed by atoms with E-state index in [-0.39, 0.29) is 4.87 Å². The van der Waals surface area contributed by atoms with Gasteiger partial charge in [0.2, 0.25) is 0 Å². The Labute approximate surface area is 218 Å². The zero-order chi connectivity index (χ0) is 26.2. The third-order valence-electron chi connectivity index (χ3n) is 5.51. The Morgan fingerprint density at radius 1 is 1.00 bits per heavy atom. The van der Waals surface area contributed by atoms with E-state index in [1.54, 1.807) is 42.7 Å². The molecule has 0 amide bonds. The van der Waals surface area contributed by atoms with E-state index in [9.17, 15) is 9.59 Å². The van der Waals surface area contributed by atoms with Gasteiger partial charge < -0.3 is 19.0 Å². The monoisotopic (exact) mass is 520 g/mol. The lowest BCUT2D eigenvalue weighted by molar-refractivity contribution is -0.150. The minimum Gasteiger partial charge on any atom is -0.492 e. The van der Waals surface area contributed by atoms with Crippen molar-refractivity contribution in [3.8, 4) is 11.5 Å². The lowest BCUT2D eigenvalue weighted by Crippen LogP contribution is -2.26. The predicted octanol–water partition coefficient (Wildman–Crippen LogP) is 4.87. The summed E-state index contributed by atoms with van der Waals surface area (Å²) in [6.45, 7) is 4.41. The minimum absolute atomic E-state index is 0.0580. The summed E-state index contributed by atoms with van der Waals surface area (Å²) in [4.78, 5) is 29.5. The number of hydrogen-bond acceptors (Lipinski definition) is 8. The maximum atomic E-state index is 12.7. The summed E-state index contributed by atoms with van der Waals surface area (Å²) >= 11 is 1.18. The highest BCUT2D eigenvalue weighted by molar-refractivity contribution is 7.16. The second kappa shape index (κ2) is 12.2. The Kier molecular flexibility index (Phi) is 8.58. The van der Waals surface area contributed by atoms with Crippen molar-refractivity contribution in [3.63, 3.8) is 0 Å². The SMILES string of the molecule is CCOC(=O)C(C)Oc1ccc(OCCn2c(=O)sc3cc(/C(=N/OC)c4ccccc4)ccc32)cc1. The van der Waals surface area contributed by atoms with Gasteiger partial charge in [-0.1, -0.05) is 52.9 Å². The van der Waals surface area contributed by atoms with Gasteiger partial charge >= 0.3 is 10.8 Å². The number of ether oxygens (including phenoxy) is 3. The number of aromatic nitrogens is 1. The van der Waals surface area contributed by atoms with Gasteiger partial charge in [0.1, 0.15) is 30.9 Å². The van der Waals surface area contributed by atoms with Gasteiger partial charge in [-0.25, -0.2) is 4.79 Å². The molecule has 0 spiro atoms. The Bertz CT molecular complexity index is 1430. The summed E-state index contributed by atoms with van der Waals surface area (Å²) in [7, 11) is 1.51. The standard InChI is InChI=1S/C28H28N2O6S/c1-4-34-27(31)19(2)36-23-13-11-22(12-14-23)35-17-16-30-24-15-10-21(18-25(24)37-28(30)32)26(29-33-3)20-8-6-5-7-9-20/h5-15,18-19H,4,16-17H2,1-3H3/b29-26+. The number of carbonyl (C=O) groups excluding carboxylic acids is 1. The summed E-state index contributed by atoms with van der Waals surface area (Å²) in [5.41, 5.74) is 3.33. The Hall–Kier alpha value is -4.11. The first kappa shape index (κ1) is 26.0. The molecule has 0 aliphatic carbocycles. The van der Waals surface area contributed by atoms with Crippen LogP contribution in [0.25, 0.3) is 10.2 Å². The molecular formula is C28H28N2O6S. The van der Waals surface area contributed by atoms with Crippen LogP contribution in [0.4, 0.5) is 0 Å². The fourth-order valence-electron chi connectivity index (χ4n) is 3.77. The van der Waals surface area contributed by atoms with Crippen molar-refractivity contribution in [2.75, 3.05) is 20.3 Å². The van der Waals surface area contributed by atoms with Gasteiger partial charge in [0.05, 0.1) is 23.4 Å².